The van der Waals surface area contributed by atoms with Crippen LogP contribution in [0.2, 0.25) is 0 Å². The number of benzene rings is 2. The minimum absolute atomic E-state index is 0.255. The van der Waals surface area contributed by atoms with Crippen LogP contribution >= 0.6 is 0 Å². The highest BCUT2D eigenvalue weighted by Crippen LogP contribution is 2.32. The van der Waals surface area contributed by atoms with Crippen molar-refractivity contribution in [3.8, 4) is 0 Å². The van der Waals surface area contributed by atoms with E-state index in [0.29, 0.717) is 12.0 Å². The van der Waals surface area contributed by atoms with Crippen LogP contribution in [0.4, 0.5) is 0 Å². The summed E-state index contributed by atoms with van der Waals surface area (Å²) in [5.74, 6) is -1.26. The number of allylic oxidation sites excluding steroid dienone is 1. The van der Waals surface area contributed by atoms with Crippen LogP contribution in [-0.2, 0) is 32.0 Å². The summed E-state index contributed by atoms with van der Waals surface area (Å²) in [5, 5.41) is 6.59. The molecule has 2 aromatic carbocycles. The molecule has 2 atom stereocenters. The van der Waals surface area contributed by atoms with Crippen molar-refractivity contribution in [2.75, 3.05) is 0 Å². The third kappa shape index (κ3) is 5.51. The molecule has 2 unspecified atom stereocenters. The first-order valence-corrected chi connectivity index (χ1v) is 12.2. The van der Waals surface area contributed by atoms with Crippen molar-refractivity contribution < 1.29 is 19.1 Å². The molecule has 0 fully saturated rings. The molecule has 3 N–H and O–H groups in total. The van der Waals surface area contributed by atoms with Gasteiger partial charge in [0.1, 0.15) is 17.7 Å². The van der Waals surface area contributed by atoms with E-state index < -0.39 is 29.6 Å². The standard InChI is InChI=1S/C29H33N3O4/c1-17-21-11-7-6-10-19(21)14-23(17)27(34)31-18(2)26(33)32-25(28(35)36-29(3,4)5)15-20-16-30-24-13-9-8-12-22(20)24/h6-13,16,18,25,30H,14-15H2,1-5H3,(H,31,34)(H,32,33). The number of esters is 1. The quantitative estimate of drug-likeness (QED) is 0.438. The van der Waals surface area contributed by atoms with Crippen molar-refractivity contribution in [3.05, 3.63) is 77.0 Å². The zero-order chi connectivity index (χ0) is 26.0. The summed E-state index contributed by atoms with van der Waals surface area (Å²) in [6.45, 7) is 8.89. The van der Waals surface area contributed by atoms with Gasteiger partial charge in [0.2, 0.25) is 11.8 Å². The van der Waals surface area contributed by atoms with Crippen LogP contribution in [0.3, 0.4) is 0 Å². The Hall–Kier alpha value is -3.87. The number of ether oxygens (including phenoxy) is 1. The van der Waals surface area contributed by atoms with E-state index in [-0.39, 0.29) is 12.3 Å². The number of hydrogen-bond acceptors (Lipinski definition) is 4. The van der Waals surface area contributed by atoms with E-state index in [2.05, 4.69) is 15.6 Å². The topological polar surface area (TPSA) is 100 Å². The summed E-state index contributed by atoms with van der Waals surface area (Å²) < 4.78 is 5.59. The Morgan fingerprint density at radius 2 is 1.72 bits per heavy atom. The maximum absolute atomic E-state index is 13.1. The number of carbonyl (C=O) groups is 3. The first kappa shape index (κ1) is 25.2. The van der Waals surface area contributed by atoms with E-state index in [1.807, 2.05) is 61.7 Å². The Kier molecular flexibility index (Phi) is 7.02. The first-order valence-electron chi connectivity index (χ1n) is 12.2. The highest BCUT2D eigenvalue weighted by Gasteiger charge is 2.31. The molecule has 0 bridgehead atoms. The SMILES string of the molecule is CC1=C(C(=O)NC(C)C(=O)NC(Cc2c[nH]c3ccccc23)C(=O)OC(C)(C)C)Cc2ccccc21. The van der Waals surface area contributed by atoms with Gasteiger partial charge in [0.25, 0.3) is 0 Å². The number of H-pyrrole nitrogens is 1. The highest BCUT2D eigenvalue weighted by atomic mass is 16.6. The molecule has 4 rings (SSSR count). The van der Waals surface area contributed by atoms with Crippen LogP contribution in [0.5, 0.6) is 0 Å². The van der Waals surface area contributed by atoms with E-state index in [1.54, 1.807) is 27.7 Å². The van der Waals surface area contributed by atoms with E-state index in [1.165, 1.54) is 0 Å². The molecule has 0 aliphatic heterocycles. The summed E-state index contributed by atoms with van der Waals surface area (Å²) in [4.78, 5) is 42.3. The van der Waals surface area contributed by atoms with Gasteiger partial charge in [-0.15, -0.1) is 0 Å². The second-order valence-electron chi connectivity index (χ2n) is 10.3. The number of carbonyl (C=O) groups excluding carboxylic acids is 3. The molecule has 36 heavy (non-hydrogen) atoms. The van der Waals surface area contributed by atoms with Crippen LogP contribution in [0, 0.1) is 0 Å². The molecule has 0 radical (unpaired) electrons. The number of para-hydroxylation sites is 1. The van der Waals surface area contributed by atoms with Gasteiger partial charge in [-0.25, -0.2) is 4.79 Å². The van der Waals surface area contributed by atoms with Gasteiger partial charge in [-0.2, -0.15) is 0 Å². The lowest BCUT2D eigenvalue weighted by Crippen LogP contribution is -2.52. The fourth-order valence-corrected chi connectivity index (χ4v) is 4.51. The van der Waals surface area contributed by atoms with Crippen molar-refractivity contribution in [1.82, 2.24) is 15.6 Å². The van der Waals surface area contributed by atoms with Gasteiger partial charge in [0.15, 0.2) is 0 Å². The summed E-state index contributed by atoms with van der Waals surface area (Å²) in [5.41, 5.74) is 4.86. The van der Waals surface area contributed by atoms with Crippen LogP contribution < -0.4 is 10.6 Å². The first-order chi connectivity index (χ1) is 17.0. The van der Waals surface area contributed by atoms with Crippen LogP contribution in [0.15, 0.2) is 60.3 Å². The van der Waals surface area contributed by atoms with E-state index in [4.69, 9.17) is 4.74 Å². The van der Waals surface area contributed by atoms with Crippen molar-refractivity contribution in [2.45, 2.75) is 65.1 Å². The number of rotatable bonds is 7. The molecule has 7 heteroatoms. The smallest absolute Gasteiger partial charge is 0.329 e. The molecule has 1 aliphatic carbocycles. The largest absolute Gasteiger partial charge is 0.458 e. The molecule has 188 valence electrons. The molecular weight excluding hydrogens is 454 g/mol. The van der Waals surface area contributed by atoms with Crippen molar-refractivity contribution in [1.29, 1.82) is 0 Å². The minimum atomic E-state index is -0.910. The molecule has 1 aliphatic rings. The number of amides is 2. The Bertz CT molecular complexity index is 1350. The Morgan fingerprint density at radius 1 is 1.03 bits per heavy atom. The average molecular weight is 488 g/mol. The monoisotopic (exact) mass is 487 g/mol. The lowest BCUT2D eigenvalue weighted by Gasteiger charge is -2.25. The van der Waals surface area contributed by atoms with E-state index in [9.17, 15) is 14.4 Å². The lowest BCUT2D eigenvalue weighted by molar-refractivity contribution is -0.158. The molecule has 0 saturated carbocycles. The molecule has 1 aromatic heterocycles. The lowest BCUT2D eigenvalue weighted by atomic mass is 10.0. The van der Waals surface area contributed by atoms with Crippen LogP contribution in [-0.4, -0.2) is 40.5 Å². The second kappa shape index (κ2) is 10.0. The highest BCUT2D eigenvalue weighted by molar-refractivity contribution is 6.05. The van der Waals surface area contributed by atoms with Gasteiger partial charge >= 0.3 is 5.97 Å². The zero-order valence-electron chi connectivity index (χ0n) is 21.4. The summed E-state index contributed by atoms with van der Waals surface area (Å²) in [7, 11) is 0. The normalized spacial score (nSPS) is 14.8. The van der Waals surface area contributed by atoms with Crippen molar-refractivity contribution in [2.24, 2.45) is 0 Å². The van der Waals surface area contributed by atoms with E-state index in [0.717, 1.165) is 33.2 Å². The number of fused-ring (bicyclic) bond motifs is 2. The number of aromatic nitrogens is 1. The summed E-state index contributed by atoms with van der Waals surface area (Å²) >= 11 is 0. The van der Waals surface area contributed by atoms with Crippen LogP contribution in [0.1, 0.15) is 51.3 Å². The van der Waals surface area contributed by atoms with Gasteiger partial charge in [-0.3, -0.25) is 9.59 Å². The van der Waals surface area contributed by atoms with Gasteiger partial charge in [0, 0.05) is 35.5 Å². The Morgan fingerprint density at radius 3 is 2.44 bits per heavy atom. The third-order valence-corrected chi connectivity index (χ3v) is 6.36. The molecule has 0 spiro atoms. The van der Waals surface area contributed by atoms with Crippen molar-refractivity contribution >= 4 is 34.3 Å². The Labute approximate surface area is 211 Å². The predicted octanol–water partition coefficient (Wildman–Crippen LogP) is 4.07. The summed E-state index contributed by atoms with van der Waals surface area (Å²) in [6.07, 6.45) is 2.63. The number of aromatic amines is 1. The van der Waals surface area contributed by atoms with Gasteiger partial charge < -0.3 is 20.4 Å². The number of hydrogen-bond donors (Lipinski definition) is 3. The molecule has 3 aromatic rings. The Balaban J connectivity index is 1.47. The average Bonchev–Trinajstić information content (AvgIpc) is 3.38. The van der Waals surface area contributed by atoms with Crippen molar-refractivity contribution in [3.63, 3.8) is 0 Å². The van der Waals surface area contributed by atoms with Crippen LogP contribution in [0.25, 0.3) is 16.5 Å². The molecule has 1 heterocycles. The van der Waals surface area contributed by atoms with Gasteiger partial charge in [-0.1, -0.05) is 42.5 Å². The molecular formula is C29H33N3O4. The molecule has 7 nitrogen and oxygen atoms in total. The third-order valence-electron chi connectivity index (χ3n) is 6.36. The maximum atomic E-state index is 13.1. The predicted molar refractivity (Wildman–Crippen MR) is 140 cm³/mol. The minimum Gasteiger partial charge on any atom is -0.458 e. The van der Waals surface area contributed by atoms with E-state index >= 15 is 0 Å². The summed E-state index contributed by atoms with van der Waals surface area (Å²) in [6, 6.07) is 13.9. The fraction of sp³-hybridized carbons (Fsp3) is 0.345. The second-order valence-corrected chi connectivity index (χ2v) is 10.3. The fourth-order valence-electron chi connectivity index (χ4n) is 4.51. The van der Waals surface area contributed by atoms with Gasteiger partial charge in [0.05, 0.1) is 0 Å². The molecule has 0 saturated heterocycles. The molecule has 2 amide bonds. The maximum Gasteiger partial charge on any atom is 0.329 e. The number of nitrogens with one attached hydrogen (secondary N) is 3. The van der Waals surface area contributed by atoms with Gasteiger partial charge in [-0.05, 0) is 62.9 Å². The zero-order valence-corrected chi connectivity index (χ0v) is 21.4.